The largest absolute Gasteiger partial charge is 0.366 e. The van der Waals surface area contributed by atoms with Gasteiger partial charge >= 0.3 is 0 Å². The highest BCUT2D eigenvalue weighted by Gasteiger charge is 2.19. The van der Waals surface area contributed by atoms with Crippen molar-refractivity contribution in [3.8, 4) is 0 Å². The van der Waals surface area contributed by atoms with Gasteiger partial charge in [-0.2, -0.15) is 0 Å². The lowest BCUT2D eigenvalue weighted by Gasteiger charge is -2.07. The lowest BCUT2D eigenvalue weighted by Crippen LogP contribution is -2.15. The molecule has 0 saturated carbocycles. The van der Waals surface area contributed by atoms with E-state index in [0.717, 1.165) is 4.88 Å². The van der Waals surface area contributed by atoms with Gasteiger partial charge in [0.25, 0.3) is 5.91 Å². The summed E-state index contributed by atoms with van der Waals surface area (Å²) in [6.07, 6.45) is 0. The van der Waals surface area contributed by atoms with Crippen LogP contribution in [0, 0.1) is 0 Å². The van der Waals surface area contributed by atoms with Gasteiger partial charge in [-0.1, -0.05) is 25.4 Å². The molecule has 0 spiro atoms. The van der Waals surface area contributed by atoms with E-state index >= 15 is 0 Å². The topological polar surface area (TPSA) is 85.1 Å². The third-order valence-electron chi connectivity index (χ3n) is 2.79. The summed E-state index contributed by atoms with van der Waals surface area (Å²) in [4.78, 5) is 28.2. The van der Waals surface area contributed by atoms with Crippen LogP contribution in [0.2, 0.25) is 4.47 Å². The number of primary amides is 1. The summed E-state index contributed by atoms with van der Waals surface area (Å²) in [5.41, 5.74) is 6.44. The minimum atomic E-state index is -0.513. The predicted molar refractivity (Wildman–Crippen MR) is 84.1 cm³/mol. The van der Waals surface area contributed by atoms with Gasteiger partial charge in [-0.05, 0) is 30.2 Å². The molecule has 3 N–H and O–H groups in total. The molecule has 2 amide bonds. The van der Waals surface area contributed by atoms with Crippen LogP contribution >= 0.6 is 22.9 Å². The van der Waals surface area contributed by atoms with Gasteiger partial charge in [0.1, 0.15) is 5.69 Å². The zero-order valence-corrected chi connectivity index (χ0v) is 13.1. The molecule has 0 aliphatic carbocycles. The van der Waals surface area contributed by atoms with Gasteiger partial charge in [0.05, 0.1) is 0 Å². The van der Waals surface area contributed by atoms with Crippen molar-refractivity contribution in [2.45, 2.75) is 19.8 Å². The first-order valence-corrected chi connectivity index (χ1v) is 7.45. The number of anilines is 1. The van der Waals surface area contributed by atoms with Crippen molar-refractivity contribution in [1.82, 2.24) is 4.98 Å². The first-order chi connectivity index (χ1) is 9.88. The second-order valence-corrected chi connectivity index (χ2v) is 6.34. The van der Waals surface area contributed by atoms with Crippen molar-refractivity contribution in [1.29, 1.82) is 0 Å². The summed E-state index contributed by atoms with van der Waals surface area (Å²) >= 11 is 7.19. The molecular formula is C14H14ClN3O2S. The van der Waals surface area contributed by atoms with Gasteiger partial charge in [-0.15, -0.1) is 11.3 Å². The molecule has 1 aromatic carbocycles. The van der Waals surface area contributed by atoms with Crippen molar-refractivity contribution in [2.24, 2.45) is 5.73 Å². The number of thiazole rings is 1. The maximum atomic E-state index is 12.3. The Morgan fingerprint density at radius 1 is 1.29 bits per heavy atom. The van der Waals surface area contributed by atoms with Gasteiger partial charge in [-0.25, -0.2) is 4.98 Å². The highest BCUT2D eigenvalue weighted by molar-refractivity contribution is 7.16. The summed E-state index contributed by atoms with van der Waals surface area (Å²) in [6, 6.07) is 6.33. The van der Waals surface area contributed by atoms with E-state index in [9.17, 15) is 9.59 Å². The van der Waals surface area contributed by atoms with Crippen molar-refractivity contribution in [3.05, 3.63) is 44.9 Å². The van der Waals surface area contributed by atoms with Gasteiger partial charge in [0.15, 0.2) is 4.47 Å². The Labute approximate surface area is 131 Å². The van der Waals surface area contributed by atoms with Crippen LogP contribution in [-0.4, -0.2) is 16.8 Å². The normalized spacial score (nSPS) is 10.7. The van der Waals surface area contributed by atoms with Crippen molar-refractivity contribution < 1.29 is 9.59 Å². The van der Waals surface area contributed by atoms with Crippen molar-refractivity contribution in [3.63, 3.8) is 0 Å². The molecule has 0 bridgehead atoms. The average Bonchev–Trinajstić information content (AvgIpc) is 2.82. The Kier molecular flexibility index (Phi) is 4.59. The Balaban J connectivity index is 2.20. The highest BCUT2D eigenvalue weighted by Crippen LogP contribution is 2.30. The monoisotopic (exact) mass is 323 g/mol. The quantitative estimate of drug-likeness (QED) is 0.905. The fraction of sp³-hybridized carbons (Fsp3) is 0.214. The Morgan fingerprint density at radius 2 is 1.90 bits per heavy atom. The van der Waals surface area contributed by atoms with E-state index in [1.54, 1.807) is 24.3 Å². The van der Waals surface area contributed by atoms with Gasteiger partial charge in [0, 0.05) is 16.1 Å². The van der Waals surface area contributed by atoms with E-state index in [1.165, 1.54) is 11.3 Å². The first-order valence-electron chi connectivity index (χ1n) is 6.26. The van der Waals surface area contributed by atoms with Crippen LogP contribution in [0.15, 0.2) is 24.3 Å². The van der Waals surface area contributed by atoms with Crippen LogP contribution in [0.1, 0.15) is 45.5 Å². The van der Waals surface area contributed by atoms with Gasteiger partial charge in [-0.3, -0.25) is 9.59 Å². The number of aromatic nitrogens is 1. The van der Waals surface area contributed by atoms with Gasteiger partial charge in [0.2, 0.25) is 5.91 Å². The van der Waals surface area contributed by atoms with E-state index in [2.05, 4.69) is 10.3 Å². The van der Waals surface area contributed by atoms with Crippen LogP contribution in [0.4, 0.5) is 5.69 Å². The molecule has 1 aromatic heterocycles. The summed E-state index contributed by atoms with van der Waals surface area (Å²) < 4.78 is 0.341. The second-order valence-electron chi connectivity index (χ2n) is 4.73. The molecule has 0 radical (unpaired) electrons. The van der Waals surface area contributed by atoms with Crippen LogP contribution in [0.25, 0.3) is 0 Å². The molecule has 2 rings (SSSR count). The number of hydrogen-bond acceptors (Lipinski definition) is 4. The molecule has 0 aliphatic rings. The molecule has 21 heavy (non-hydrogen) atoms. The summed E-state index contributed by atoms with van der Waals surface area (Å²) in [5.74, 6) is -0.678. The molecule has 2 aromatic rings. The molecule has 110 valence electrons. The maximum Gasteiger partial charge on any atom is 0.275 e. The first kappa shape index (κ1) is 15.5. The molecule has 0 aliphatic heterocycles. The molecule has 0 unspecified atom stereocenters. The minimum absolute atomic E-state index is 0.160. The van der Waals surface area contributed by atoms with E-state index in [-0.39, 0.29) is 11.8 Å². The molecule has 1 heterocycles. The Hall–Kier alpha value is -1.92. The molecule has 0 fully saturated rings. The number of nitrogens with two attached hydrogens (primary N) is 1. The van der Waals surface area contributed by atoms with E-state index in [4.69, 9.17) is 17.3 Å². The van der Waals surface area contributed by atoms with Crippen LogP contribution in [0.5, 0.6) is 0 Å². The number of amides is 2. The third kappa shape index (κ3) is 3.59. The molecule has 7 heteroatoms. The summed E-state index contributed by atoms with van der Waals surface area (Å²) in [5, 5.41) is 2.73. The number of nitrogens with one attached hydrogen (secondary N) is 1. The van der Waals surface area contributed by atoms with Crippen molar-refractivity contribution >= 4 is 40.4 Å². The maximum absolute atomic E-state index is 12.3. The van der Waals surface area contributed by atoms with Crippen LogP contribution in [-0.2, 0) is 0 Å². The van der Waals surface area contributed by atoms with E-state index in [0.29, 0.717) is 21.4 Å². The number of hydrogen-bond donors (Lipinski definition) is 2. The molecular weight excluding hydrogens is 310 g/mol. The van der Waals surface area contributed by atoms with E-state index < -0.39 is 5.91 Å². The fourth-order valence-corrected chi connectivity index (χ4v) is 2.89. The second kappa shape index (κ2) is 6.24. The van der Waals surface area contributed by atoms with Gasteiger partial charge < -0.3 is 11.1 Å². The zero-order chi connectivity index (χ0) is 15.6. The number of halogens is 1. The highest BCUT2D eigenvalue weighted by atomic mass is 35.5. The smallest absolute Gasteiger partial charge is 0.275 e. The fourth-order valence-electron chi connectivity index (χ4n) is 1.77. The molecule has 0 atom stereocenters. The SMILES string of the molecule is CC(C)c1sc(Cl)nc1C(=O)Nc1ccc(C(N)=O)cc1. The summed E-state index contributed by atoms with van der Waals surface area (Å²) in [7, 11) is 0. The predicted octanol–water partition coefficient (Wildman–Crippen LogP) is 3.27. The molecule has 5 nitrogen and oxygen atoms in total. The lowest BCUT2D eigenvalue weighted by atomic mass is 10.1. The minimum Gasteiger partial charge on any atom is -0.366 e. The third-order valence-corrected chi connectivity index (χ3v) is 4.25. The lowest BCUT2D eigenvalue weighted by molar-refractivity contribution is 0.0998. The van der Waals surface area contributed by atoms with Crippen LogP contribution < -0.4 is 11.1 Å². The number of benzene rings is 1. The number of rotatable bonds is 4. The van der Waals surface area contributed by atoms with Crippen LogP contribution in [0.3, 0.4) is 0 Å². The summed E-state index contributed by atoms with van der Waals surface area (Å²) in [6.45, 7) is 3.95. The Morgan fingerprint density at radius 3 is 2.43 bits per heavy atom. The van der Waals surface area contributed by atoms with E-state index in [1.807, 2.05) is 13.8 Å². The zero-order valence-electron chi connectivity index (χ0n) is 11.5. The number of carbonyl (C=O) groups excluding carboxylic acids is 2. The number of nitrogens with zero attached hydrogens (tertiary/aromatic N) is 1. The number of carbonyl (C=O) groups is 2. The molecule has 0 saturated heterocycles. The Bertz CT molecular complexity index is 680. The average molecular weight is 324 g/mol. The standard InChI is InChI=1S/C14H14ClN3O2S/c1-7(2)11-10(18-14(15)21-11)13(20)17-9-5-3-8(4-6-9)12(16)19/h3-7H,1-2H3,(H2,16,19)(H,17,20). The van der Waals surface area contributed by atoms with Crippen molar-refractivity contribution in [2.75, 3.05) is 5.32 Å².